The molecule has 0 spiro atoms. The molecule has 300 valence electrons. The molecular formula is C40H60Cl6N4O3. The average Bonchev–Trinajstić information content (AvgIpc) is 3.06. The number of hydrogen-bond donors (Lipinski definition) is 2. The average molecular weight is 858 g/mol. The summed E-state index contributed by atoms with van der Waals surface area (Å²) >= 11 is 12.1. The first-order valence-electron chi connectivity index (χ1n) is 16.5. The number of rotatable bonds is 16. The van der Waals surface area contributed by atoms with Gasteiger partial charge in [-0.15, -0.1) is 49.6 Å². The van der Waals surface area contributed by atoms with Crippen LogP contribution in [0, 0.1) is 0 Å². The van der Waals surface area contributed by atoms with Gasteiger partial charge in [0.2, 0.25) is 0 Å². The van der Waals surface area contributed by atoms with E-state index >= 15 is 0 Å². The lowest BCUT2D eigenvalue weighted by Gasteiger charge is -2.21. The van der Waals surface area contributed by atoms with Gasteiger partial charge in [-0.2, -0.15) is 0 Å². The Morgan fingerprint density at radius 3 is 1.13 bits per heavy atom. The van der Waals surface area contributed by atoms with E-state index in [0.29, 0.717) is 12.1 Å². The molecule has 0 saturated carbocycles. The number of halogens is 6. The zero-order chi connectivity index (χ0) is 35.1. The molecule has 0 amide bonds. The fraction of sp³-hybridized carbons (Fsp3) is 0.400. The monoisotopic (exact) mass is 854 g/mol. The summed E-state index contributed by atoms with van der Waals surface area (Å²) in [6, 6.07) is 33.8. The molecule has 0 saturated heterocycles. The smallest absolute Gasteiger partial charge is 0.0946 e. The van der Waals surface area contributed by atoms with Crippen LogP contribution in [0.15, 0.2) is 97.1 Å². The second-order valence-electron chi connectivity index (χ2n) is 12.7. The third-order valence-corrected chi connectivity index (χ3v) is 8.77. The maximum absolute atomic E-state index is 6.07. The van der Waals surface area contributed by atoms with Gasteiger partial charge < -0.3 is 35.4 Å². The molecule has 4 aromatic carbocycles. The summed E-state index contributed by atoms with van der Waals surface area (Å²) in [5, 5.41) is 8.60. The van der Waals surface area contributed by atoms with Crippen LogP contribution in [-0.4, -0.2) is 73.1 Å². The van der Waals surface area contributed by atoms with Crippen LogP contribution in [0.25, 0.3) is 0 Å². The van der Waals surface area contributed by atoms with Gasteiger partial charge in [0, 0.05) is 89.0 Å². The highest BCUT2D eigenvalue weighted by molar-refractivity contribution is 6.30. The number of anilines is 2. The quantitative estimate of drug-likeness (QED) is 0.117. The number of nitrogens with zero attached hydrogens (tertiary/aromatic N) is 2. The molecule has 53 heavy (non-hydrogen) atoms. The Hall–Kier alpha value is -1.98. The van der Waals surface area contributed by atoms with Crippen LogP contribution in [0.2, 0.25) is 10.0 Å². The highest BCUT2D eigenvalue weighted by atomic mass is 35.5. The van der Waals surface area contributed by atoms with E-state index < -0.39 is 0 Å². The van der Waals surface area contributed by atoms with Gasteiger partial charge in [-0.1, -0.05) is 71.7 Å². The van der Waals surface area contributed by atoms with Crippen molar-refractivity contribution in [3.8, 4) is 0 Å². The maximum Gasteiger partial charge on any atom is 0.0946 e. The fourth-order valence-corrected chi connectivity index (χ4v) is 5.81. The molecule has 0 radical (unpaired) electrons. The van der Waals surface area contributed by atoms with E-state index in [4.69, 9.17) is 32.7 Å². The number of benzene rings is 4. The van der Waals surface area contributed by atoms with Crippen LogP contribution in [0.5, 0.6) is 0 Å². The normalized spacial score (nSPS) is 12.3. The molecule has 0 bridgehead atoms. The SMILES string of the molecule is COC(CNC(C)Cc1ccc(N(C)C)cc1)c1cccc(Cl)c1.COC(CNC(C)Cc1ccc(N(C)C)cc1)c1cccc(Cl)c1.Cl.Cl.Cl.Cl.O. The van der Waals surface area contributed by atoms with Crippen molar-refractivity contribution in [2.45, 2.75) is 51.0 Å². The van der Waals surface area contributed by atoms with Gasteiger partial charge in [0.05, 0.1) is 12.2 Å². The first-order chi connectivity index (χ1) is 23.0. The van der Waals surface area contributed by atoms with Gasteiger partial charge in [0.1, 0.15) is 0 Å². The van der Waals surface area contributed by atoms with Crippen LogP contribution in [0.4, 0.5) is 11.4 Å². The van der Waals surface area contributed by atoms with Gasteiger partial charge in [-0.3, -0.25) is 0 Å². The fourth-order valence-electron chi connectivity index (χ4n) is 5.42. The summed E-state index contributed by atoms with van der Waals surface area (Å²) < 4.78 is 11.2. The Labute approximate surface area is 353 Å². The van der Waals surface area contributed by atoms with Gasteiger partial charge in [-0.05, 0) is 97.5 Å². The van der Waals surface area contributed by atoms with Crippen molar-refractivity contribution < 1.29 is 14.9 Å². The maximum atomic E-state index is 6.07. The molecule has 4 aromatic rings. The van der Waals surface area contributed by atoms with Crippen LogP contribution in [0.1, 0.15) is 48.3 Å². The third kappa shape index (κ3) is 20.0. The van der Waals surface area contributed by atoms with Gasteiger partial charge >= 0.3 is 0 Å². The Morgan fingerprint density at radius 2 is 0.868 bits per heavy atom. The summed E-state index contributed by atoms with van der Waals surface area (Å²) in [6.07, 6.45) is 1.98. The molecule has 0 aromatic heterocycles. The van der Waals surface area contributed by atoms with E-state index in [9.17, 15) is 0 Å². The van der Waals surface area contributed by atoms with Crippen molar-refractivity contribution in [1.29, 1.82) is 0 Å². The summed E-state index contributed by atoms with van der Waals surface area (Å²) in [6.45, 7) is 5.91. The first kappa shape index (κ1) is 55.4. The van der Waals surface area contributed by atoms with Gasteiger partial charge in [-0.25, -0.2) is 0 Å². The van der Waals surface area contributed by atoms with Crippen molar-refractivity contribution in [2.75, 3.05) is 65.3 Å². The molecule has 0 heterocycles. The minimum atomic E-state index is 0. The summed E-state index contributed by atoms with van der Waals surface area (Å²) in [5.74, 6) is 0. The third-order valence-electron chi connectivity index (χ3n) is 8.30. The highest BCUT2D eigenvalue weighted by Gasteiger charge is 2.14. The van der Waals surface area contributed by atoms with Crippen LogP contribution >= 0.6 is 72.8 Å². The predicted octanol–water partition coefficient (Wildman–Crippen LogP) is 9.49. The zero-order valence-electron chi connectivity index (χ0n) is 32.0. The lowest BCUT2D eigenvalue weighted by molar-refractivity contribution is 0.0999. The van der Waals surface area contributed by atoms with Crippen molar-refractivity contribution >= 4 is 84.2 Å². The lowest BCUT2D eigenvalue weighted by atomic mass is 10.1. The van der Waals surface area contributed by atoms with Gasteiger partial charge in [0.15, 0.2) is 0 Å². The zero-order valence-corrected chi connectivity index (χ0v) is 36.8. The minimum absolute atomic E-state index is 0. The Morgan fingerprint density at radius 1 is 0.547 bits per heavy atom. The van der Waals surface area contributed by atoms with Crippen molar-refractivity contribution in [3.05, 3.63) is 129 Å². The number of hydrogen-bond acceptors (Lipinski definition) is 6. The molecule has 0 aliphatic carbocycles. The number of methoxy groups -OCH3 is 2. The Balaban J connectivity index is -0.000000862. The molecule has 0 aliphatic rings. The molecule has 4 N–H and O–H groups in total. The van der Waals surface area contributed by atoms with Crippen LogP contribution in [-0.2, 0) is 22.3 Å². The lowest BCUT2D eigenvalue weighted by Crippen LogP contribution is -2.32. The van der Waals surface area contributed by atoms with E-state index in [1.54, 1.807) is 14.2 Å². The highest BCUT2D eigenvalue weighted by Crippen LogP contribution is 2.22. The van der Waals surface area contributed by atoms with Gasteiger partial charge in [0.25, 0.3) is 0 Å². The largest absolute Gasteiger partial charge is 0.412 e. The van der Waals surface area contributed by atoms with E-state index in [1.165, 1.54) is 22.5 Å². The summed E-state index contributed by atoms with van der Waals surface area (Å²) in [4.78, 5) is 4.22. The predicted molar refractivity (Wildman–Crippen MR) is 239 cm³/mol. The Kier molecular flexibility index (Phi) is 30.6. The second kappa shape index (κ2) is 29.3. The standard InChI is InChI=1S/2C20H27ClN2O.4ClH.H2O/c2*1-15(12-16-8-10-19(11-9-16)23(2)3)22-14-20(24-4)17-6-5-7-18(21)13-17;;;;;/h2*5-11,13,15,20,22H,12,14H2,1-4H3;4*1H;1H2. The van der Waals surface area contributed by atoms with Crippen LogP contribution < -0.4 is 20.4 Å². The summed E-state index contributed by atoms with van der Waals surface area (Å²) in [5.41, 5.74) is 7.30. The van der Waals surface area contributed by atoms with E-state index in [0.717, 1.165) is 47.1 Å². The molecule has 0 fully saturated rings. The van der Waals surface area contributed by atoms with E-state index in [2.05, 4.69) is 111 Å². The van der Waals surface area contributed by atoms with E-state index in [1.807, 2.05) is 48.5 Å². The van der Waals surface area contributed by atoms with Crippen LogP contribution in [0.3, 0.4) is 0 Å². The second-order valence-corrected chi connectivity index (χ2v) is 13.6. The van der Waals surface area contributed by atoms with Crippen molar-refractivity contribution in [3.63, 3.8) is 0 Å². The molecular weight excluding hydrogens is 797 g/mol. The summed E-state index contributed by atoms with van der Waals surface area (Å²) in [7, 11) is 11.7. The van der Waals surface area contributed by atoms with Crippen molar-refractivity contribution in [2.24, 2.45) is 0 Å². The molecule has 7 nitrogen and oxygen atoms in total. The van der Waals surface area contributed by atoms with E-state index in [-0.39, 0.29) is 67.3 Å². The molecule has 4 rings (SSSR count). The number of nitrogens with one attached hydrogen (secondary N) is 2. The molecule has 4 unspecified atom stereocenters. The Bertz CT molecular complexity index is 1390. The first-order valence-corrected chi connectivity index (χ1v) is 17.3. The molecule has 0 aliphatic heterocycles. The molecule has 13 heteroatoms. The molecule has 4 atom stereocenters. The van der Waals surface area contributed by atoms with Crippen molar-refractivity contribution in [1.82, 2.24) is 10.6 Å². The number of ether oxygens (including phenoxy) is 2. The minimum Gasteiger partial charge on any atom is -0.412 e. The topological polar surface area (TPSA) is 80.5 Å².